The van der Waals surface area contributed by atoms with Crippen molar-refractivity contribution in [3.63, 3.8) is 0 Å². The average Bonchev–Trinajstić information content (AvgIpc) is 2.40. The Labute approximate surface area is 126 Å². The van der Waals surface area contributed by atoms with E-state index in [1.54, 1.807) is 0 Å². The van der Waals surface area contributed by atoms with E-state index in [0.29, 0.717) is 0 Å². The standard InChI is InChI=1S/C12H17N3O7/c1-6(16)19-5-10-12(22-8(3)18)11(21-7(2)17)9(4-20-10)14-15-13/h9-12H,4-5H2,1-3H3/t9-,10+,11+,12+/m0/s1. The number of nitrogens with zero attached hydrogens (tertiary/aromatic N) is 3. The van der Waals surface area contributed by atoms with Crippen LogP contribution in [0.5, 0.6) is 0 Å². The van der Waals surface area contributed by atoms with Gasteiger partial charge in [-0.1, -0.05) is 5.11 Å². The minimum Gasteiger partial charge on any atom is -0.463 e. The maximum Gasteiger partial charge on any atom is 0.303 e. The smallest absolute Gasteiger partial charge is 0.303 e. The summed E-state index contributed by atoms with van der Waals surface area (Å²) < 4.78 is 20.5. The van der Waals surface area contributed by atoms with E-state index in [2.05, 4.69) is 10.0 Å². The van der Waals surface area contributed by atoms with E-state index in [1.807, 2.05) is 0 Å². The second kappa shape index (κ2) is 8.20. The van der Waals surface area contributed by atoms with Crippen LogP contribution in [0.3, 0.4) is 0 Å². The van der Waals surface area contributed by atoms with E-state index in [4.69, 9.17) is 24.5 Å². The van der Waals surface area contributed by atoms with E-state index in [9.17, 15) is 14.4 Å². The zero-order chi connectivity index (χ0) is 16.7. The molecule has 0 aromatic carbocycles. The topological polar surface area (TPSA) is 137 Å². The number of azide groups is 1. The van der Waals surface area contributed by atoms with E-state index < -0.39 is 42.3 Å². The number of rotatable bonds is 5. The van der Waals surface area contributed by atoms with Gasteiger partial charge in [0, 0.05) is 25.7 Å². The highest BCUT2D eigenvalue weighted by Gasteiger charge is 2.45. The summed E-state index contributed by atoms with van der Waals surface area (Å²) in [7, 11) is 0. The number of carbonyl (C=O) groups excluding carboxylic acids is 3. The Balaban J connectivity index is 2.99. The molecule has 0 aliphatic carbocycles. The van der Waals surface area contributed by atoms with Crippen molar-refractivity contribution in [1.29, 1.82) is 0 Å². The van der Waals surface area contributed by atoms with E-state index in [-0.39, 0.29) is 13.2 Å². The molecule has 0 amide bonds. The lowest BCUT2D eigenvalue weighted by molar-refractivity contribution is -0.204. The maximum atomic E-state index is 11.3. The van der Waals surface area contributed by atoms with Crippen LogP contribution in [-0.2, 0) is 33.3 Å². The number of esters is 3. The van der Waals surface area contributed by atoms with E-state index in [1.165, 1.54) is 20.8 Å². The van der Waals surface area contributed by atoms with Crippen LogP contribution in [0.15, 0.2) is 5.11 Å². The van der Waals surface area contributed by atoms with Crippen molar-refractivity contribution in [2.75, 3.05) is 13.2 Å². The van der Waals surface area contributed by atoms with Gasteiger partial charge in [0.1, 0.15) is 18.8 Å². The predicted octanol–water partition coefficient (Wildman–Crippen LogP) is 0.491. The van der Waals surface area contributed by atoms with Crippen LogP contribution >= 0.6 is 0 Å². The van der Waals surface area contributed by atoms with Crippen molar-refractivity contribution in [2.24, 2.45) is 5.11 Å². The molecule has 0 spiro atoms. The molecule has 0 saturated carbocycles. The first-order valence-electron chi connectivity index (χ1n) is 6.48. The van der Waals surface area contributed by atoms with Crippen molar-refractivity contribution >= 4 is 17.9 Å². The second-order valence-corrected chi connectivity index (χ2v) is 4.59. The van der Waals surface area contributed by atoms with Gasteiger partial charge in [0.2, 0.25) is 0 Å². The van der Waals surface area contributed by atoms with Crippen molar-refractivity contribution < 1.29 is 33.3 Å². The third kappa shape index (κ3) is 5.23. The highest BCUT2D eigenvalue weighted by molar-refractivity contribution is 5.67. The molecule has 22 heavy (non-hydrogen) atoms. The van der Waals surface area contributed by atoms with Crippen LogP contribution in [0.1, 0.15) is 20.8 Å². The summed E-state index contributed by atoms with van der Waals surface area (Å²) in [6.45, 7) is 3.31. The zero-order valence-corrected chi connectivity index (χ0v) is 12.4. The summed E-state index contributed by atoms with van der Waals surface area (Å²) in [5.74, 6) is -1.81. The third-order valence-corrected chi connectivity index (χ3v) is 2.81. The predicted molar refractivity (Wildman–Crippen MR) is 70.4 cm³/mol. The molecule has 0 aromatic rings. The normalized spacial score (nSPS) is 27.2. The summed E-state index contributed by atoms with van der Waals surface area (Å²) in [5, 5.41) is 3.48. The molecule has 0 aromatic heterocycles. The Hall–Kier alpha value is -2.32. The zero-order valence-electron chi connectivity index (χ0n) is 12.4. The van der Waals surface area contributed by atoms with E-state index >= 15 is 0 Å². The Morgan fingerprint density at radius 2 is 1.73 bits per heavy atom. The lowest BCUT2D eigenvalue weighted by atomic mass is 9.98. The van der Waals surface area contributed by atoms with Crippen LogP contribution in [0.4, 0.5) is 0 Å². The molecule has 1 fully saturated rings. The van der Waals surface area contributed by atoms with Crippen LogP contribution < -0.4 is 0 Å². The largest absolute Gasteiger partial charge is 0.463 e. The van der Waals surface area contributed by atoms with Gasteiger partial charge < -0.3 is 18.9 Å². The summed E-state index contributed by atoms with van der Waals surface area (Å²) >= 11 is 0. The Kier molecular flexibility index (Phi) is 6.61. The minimum atomic E-state index is -1.05. The van der Waals surface area contributed by atoms with Gasteiger partial charge in [-0.05, 0) is 5.53 Å². The highest BCUT2D eigenvalue weighted by Crippen LogP contribution is 2.24. The number of ether oxygens (including phenoxy) is 4. The molecule has 10 heteroatoms. The van der Waals surface area contributed by atoms with Crippen LogP contribution in [0.2, 0.25) is 0 Å². The van der Waals surface area contributed by atoms with Crippen LogP contribution in [0, 0.1) is 0 Å². The van der Waals surface area contributed by atoms with Crippen LogP contribution in [0.25, 0.3) is 10.4 Å². The van der Waals surface area contributed by atoms with Crippen LogP contribution in [-0.4, -0.2) is 55.5 Å². The van der Waals surface area contributed by atoms with Gasteiger partial charge in [-0.15, -0.1) is 0 Å². The van der Waals surface area contributed by atoms with Gasteiger partial charge in [-0.3, -0.25) is 14.4 Å². The number of hydrogen-bond acceptors (Lipinski definition) is 8. The molecule has 1 aliphatic heterocycles. The number of carbonyl (C=O) groups is 3. The Morgan fingerprint density at radius 3 is 2.23 bits per heavy atom. The van der Waals surface area contributed by atoms with Crippen molar-refractivity contribution in [3.05, 3.63) is 10.4 Å². The van der Waals surface area contributed by atoms with E-state index in [0.717, 1.165) is 0 Å². The summed E-state index contributed by atoms with van der Waals surface area (Å²) in [6.07, 6.45) is -2.90. The molecule has 1 saturated heterocycles. The fraction of sp³-hybridized carbons (Fsp3) is 0.750. The minimum absolute atomic E-state index is 0.0638. The fourth-order valence-electron chi connectivity index (χ4n) is 2.02. The van der Waals surface area contributed by atoms with Gasteiger partial charge in [0.05, 0.1) is 6.61 Å². The summed E-state index contributed by atoms with van der Waals surface area (Å²) in [4.78, 5) is 36.1. The van der Waals surface area contributed by atoms with Crippen molar-refractivity contribution in [3.8, 4) is 0 Å². The monoisotopic (exact) mass is 315 g/mol. The lowest BCUT2D eigenvalue weighted by Crippen LogP contribution is -2.57. The molecule has 0 N–H and O–H groups in total. The molecular formula is C12H17N3O7. The molecule has 0 radical (unpaired) electrons. The lowest BCUT2D eigenvalue weighted by Gasteiger charge is -2.39. The summed E-state index contributed by atoms with van der Waals surface area (Å²) in [6, 6.07) is -0.855. The molecule has 0 bridgehead atoms. The molecule has 0 unspecified atom stereocenters. The maximum absolute atomic E-state index is 11.3. The average molecular weight is 315 g/mol. The Bertz CT molecular complexity index is 489. The molecule has 1 rings (SSSR count). The molecular weight excluding hydrogens is 298 g/mol. The molecule has 122 valence electrons. The van der Waals surface area contributed by atoms with Gasteiger partial charge in [0.25, 0.3) is 0 Å². The van der Waals surface area contributed by atoms with Gasteiger partial charge >= 0.3 is 17.9 Å². The fourth-order valence-corrected chi connectivity index (χ4v) is 2.02. The first-order chi connectivity index (χ1) is 10.3. The molecule has 1 heterocycles. The number of hydrogen-bond donors (Lipinski definition) is 0. The molecule has 1 aliphatic rings. The first-order valence-corrected chi connectivity index (χ1v) is 6.48. The Morgan fingerprint density at radius 1 is 1.14 bits per heavy atom. The SMILES string of the molecule is CC(=O)OC[C@H]1OC[C@H](N=[N+]=[N-])[C@@H](OC(C)=O)[C@@H]1OC(C)=O. The van der Waals surface area contributed by atoms with Gasteiger partial charge in [0.15, 0.2) is 12.2 Å². The quantitative estimate of drug-likeness (QED) is 0.236. The molecule has 10 nitrogen and oxygen atoms in total. The molecule has 4 atom stereocenters. The third-order valence-electron chi connectivity index (χ3n) is 2.81. The second-order valence-electron chi connectivity index (χ2n) is 4.59. The highest BCUT2D eigenvalue weighted by atomic mass is 16.6. The van der Waals surface area contributed by atoms with Gasteiger partial charge in [-0.2, -0.15) is 0 Å². The van der Waals surface area contributed by atoms with Crippen molar-refractivity contribution in [1.82, 2.24) is 0 Å². The van der Waals surface area contributed by atoms with Crippen molar-refractivity contribution in [2.45, 2.75) is 45.1 Å². The first kappa shape index (κ1) is 17.7. The summed E-state index contributed by atoms with van der Waals surface area (Å²) in [5.41, 5.74) is 8.57. The van der Waals surface area contributed by atoms with Gasteiger partial charge in [-0.25, -0.2) is 0 Å².